The van der Waals surface area contributed by atoms with Gasteiger partial charge in [-0.3, -0.25) is 4.99 Å². The van der Waals surface area contributed by atoms with Gasteiger partial charge >= 0.3 is 0 Å². The van der Waals surface area contributed by atoms with Gasteiger partial charge in [-0.2, -0.15) is 0 Å². The molecule has 0 unspecified atom stereocenters. The van der Waals surface area contributed by atoms with Gasteiger partial charge in [0.25, 0.3) is 0 Å². The molecule has 0 radical (unpaired) electrons. The molecule has 1 aromatic heterocycles. The summed E-state index contributed by atoms with van der Waals surface area (Å²) in [5.74, 6) is 0. The first kappa shape index (κ1) is 29.9. The molecule has 0 amide bonds. The van der Waals surface area contributed by atoms with Gasteiger partial charge in [-0.15, -0.1) is 11.3 Å². The summed E-state index contributed by atoms with van der Waals surface area (Å²) < 4.78 is 2.41. The molecule has 8 aromatic carbocycles. The monoisotopic (exact) mass is 656 g/mol. The zero-order chi connectivity index (χ0) is 33.6. The fourth-order valence-electron chi connectivity index (χ4n) is 7.18. The quantitative estimate of drug-likeness (QED) is 0.128. The summed E-state index contributed by atoms with van der Waals surface area (Å²) in [5.41, 5.74) is 10.1. The van der Waals surface area contributed by atoms with E-state index in [1.54, 1.807) is 11.3 Å². The van der Waals surface area contributed by atoms with E-state index in [1.807, 2.05) is 12.1 Å². The van der Waals surface area contributed by atoms with Gasteiger partial charge in [0, 0.05) is 43.3 Å². The van der Waals surface area contributed by atoms with Crippen molar-refractivity contribution in [1.82, 2.24) is 0 Å². The van der Waals surface area contributed by atoms with Crippen molar-refractivity contribution in [2.75, 3.05) is 4.90 Å². The first-order chi connectivity index (χ1) is 24.6. The Morgan fingerprint density at radius 2 is 1.30 bits per heavy atom. The van der Waals surface area contributed by atoms with E-state index >= 15 is 0 Å². The first-order valence-electron chi connectivity index (χ1n) is 16.9. The molecule has 236 valence electrons. The van der Waals surface area contributed by atoms with Crippen molar-refractivity contribution in [3.8, 4) is 11.1 Å². The van der Waals surface area contributed by atoms with E-state index in [0.717, 1.165) is 49.7 Å². The highest BCUT2D eigenvalue weighted by molar-refractivity contribution is 7.26. The van der Waals surface area contributed by atoms with Crippen LogP contribution in [0.4, 0.5) is 22.7 Å². The highest BCUT2D eigenvalue weighted by Gasteiger charge is 2.19. The van der Waals surface area contributed by atoms with Crippen LogP contribution in [0, 0.1) is 19.1 Å². The molecule has 0 spiro atoms. The van der Waals surface area contributed by atoms with Crippen molar-refractivity contribution in [2.24, 2.45) is 4.99 Å². The summed E-state index contributed by atoms with van der Waals surface area (Å²) in [5, 5.41) is 7.23. The normalized spacial score (nSPS) is 11.8. The average Bonchev–Trinajstić information content (AvgIpc) is 3.56. The number of thiophene rings is 1. The molecule has 0 N–H and O–H groups in total. The van der Waals surface area contributed by atoms with E-state index < -0.39 is 0 Å². The third-order valence-electron chi connectivity index (χ3n) is 9.62. The number of nitrogens with zero attached hydrogens (tertiary/aromatic N) is 2. The molecule has 9 rings (SSSR count). The smallest absolute Gasteiger partial charge is 0.0857 e. The Morgan fingerprint density at radius 3 is 2.16 bits per heavy atom. The number of rotatable bonds is 6. The van der Waals surface area contributed by atoms with E-state index in [9.17, 15) is 0 Å². The fraction of sp³-hybridized carbons (Fsp3) is 0.0426. The van der Waals surface area contributed by atoms with Crippen LogP contribution in [0.15, 0.2) is 163 Å². The average molecular weight is 657 g/mol. The lowest BCUT2D eigenvalue weighted by Crippen LogP contribution is -2.10. The summed E-state index contributed by atoms with van der Waals surface area (Å²) in [6, 6.07) is 62.8. The molecule has 3 heteroatoms. The Balaban J connectivity index is 1.22. The molecule has 50 heavy (non-hydrogen) atoms. The van der Waals surface area contributed by atoms with E-state index in [-0.39, 0.29) is 0 Å². The first-order valence-corrected chi connectivity index (χ1v) is 17.7. The van der Waals surface area contributed by atoms with Crippen LogP contribution in [0.3, 0.4) is 0 Å². The Morgan fingerprint density at radius 1 is 0.600 bits per heavy atom. The van der Waals surface area contributed by atoms with Crippen molar-refractivity contribution < 1.29 is 0 Å². The number of benzene rings is 7. The molecule has 2 nitrogen and oxygen atoms in total. The second-order valence-corrected chi connectivity index (χ2v) is 13.7. The molecule has 0 aliphatic rings. The van der Waals surface area contributed by atoms with Gasteiger partial charge in [0.1, 0.15) is 0 Å². The maximum absolute atomic E-state index is 5.19. The molecule has 0 saturated heterocycles. The summed E-state index contributed by atoms with van der Waals surface area (Å²) in [7, 11) is 0. The van der Waals surface area contributed by atoms with Crippen LogP contribution < -0.4 is 4.90 Å². The lowest BCUT2D eigenvalue weighted by Gasteiger charge is -2.27. The fourth-order valence-corrected chi connectivity index (χ4v) is 8.36. The van der Waals surface area contributed by atoms with Gasteiger partial charge in [0.05, 0.1) is 16.1 Å². The Bertz CT molecular complexity index is 2720. The minimum atomic E-state index is 1.01. The molecule has 0 aliphatic carbocycles. The van der Waals surface area contributed by atoms with Crippen LogP contribution >= 0.6 is 11.3 Å². The molecule has 0 aliphatic heterocycles. The van der Waals surface area contributed by atoms with Crippen LogP contribution in [-0.2, 0) is 0 Å². The zero-order valence-electron chi connectivity index (χ0n) is 27.8. The molecule has 9 aromatic rings. The second kappa shape index (κ2) is 12.3. The molecule has 1 heterocycles. The molecule has 0 saturated carbocycles. The number of para-hydroxylation sites is 1. The molecule has 0 fully saturated rings. The van der Waals surface area contributed by atoms with Gasteiger partial charge in [-0.05, 0) is 89.3 Å². The number of anilines is 3. The van der Waals surface area contributed by atoms with Crippen molar-refractivity contribution in [3.05, 3.63) is 181 Å². The number of aryl methyl sites for hydroxylation is 1. The van der Waals surface area contributed by atoms with E-state index in [0.29, 0.717) is 0 Å². The van der Waals surface area contributed by atoms with E-state index in [1.165, 1.54) is 42.8 Å². The second-order valence-electron chi connectivity index (χ2n) is 12.7. The highest BCUT2D eigenvalue weighted by atomic mass is 32.1. The van der Waals surface area contributed by atoms with Crippen LogP contribution in [0.2, 0.25) is 0 Å². The number of hydrogen-bond acceptors (Lipinski definition) is 3. The number of fused-ring (bicyclic) bond motifs is 6. The third kappa shape index (κ3) is 5.10. The Labute approximate surface area is 296 Å². The maximum atomic E-state index is 5.19. The maximum Gasteiger partial charge on any atom is 0.0857 e. The minimum Gasteiger partial charge on any atom is -0.310 e. The van der Waals surface area contributed by atoms with E-state index in [2.05, 4.69) is 176 Å². The Hall–Kier alpha value is -6.21. The van der Waals surface area contributed by atoms with Gasteiger partial charge in [0.2, 0.25) is 0 Å². The topological polar surface area (TPSA) is 15.6 Å². The van der Waals surface area contributed by atoms with Crippen LogP contribution in [0.5, 0.6) is 0 Å². The summed E-state index contributed by atoms with van der Waals surface area (Å²) >= 11 is 1.79. The standard InChI is InChI=1S/C47H32N2S/c1-31-26-27-39-38-22-13-24-44(40(38)28-29-42(39)46(31)48-32(2)33-14-5-3-6-15-33)49(35-17-7-4-8-18-35)36-19-11-16-34(30-36)37-21-12-23-43-41-20-9-10-25-45(41)50-47(37)43/h3-9,11-24,26-30H,1-2H3/b48-32+. The summed E-state index contributed by atoms with van der Waals surface area (Å²) in [6.45, 7) is 4.24. The van der Waals surface area contributed by atoms with Gasteiger partial charge < -0.3 is 4.90 Å². The van der Waals surface area contributed by atoms with Crippen LogP contribution in [0.25, 0.3) is 52.8 Å². The predicted octanol–water partition coefficient (Wildman–Crippen LogP) is 13.5. The van der Waals surface area contributed by atoms with Crippen molar-refractivity contribution in [1.29, 1.82) is 0 Å². The van der Waals surface area contributed by atoms with Crippen LogP contribution in [-0.4, -0.2) is 5.71 Å². The Kier molecular flexibility index (Phi) is 7.38. The predicted molar refractivity (Wildman–Crippen MR) is 215 cm³/mol. The summed E-state index contributed by atoms with van der Waals surface area (Å²) in [6.07, 6.45) is 0. The molecular formula is C47H32N2S. The lowest BCUT2D eigenvalue weighted by molar-refractivity contribution is 1.30. The zero-order valence-corrected chi connectivity index (χ0v) is 28.6. The lowest BCUT2D eigenvalue weighted by atomic mass is 9.96. The number of aliphatic imine (C=N–C) groups is 1. The SMILES string of the molecule is C/C(=N\c1c(C)ccc2c1ccc1c(N(c3ccccc3)c3cccc(-c4cccc5c4sc4c#cccc45)c3)cccc12)c1ccccc1. The largest absolute Gasteiger partial charge is 0.310 e. The van der Waals surface area contributed by atoms with Crippen LogP contribution in [0.1, 0.15) is 18.1 Å². The van der Waals surface area contributed by atoms with Gasteiger partial charge in [-0.1, -0.05) is 127 Å². The number of hydrogen-bond donors (Lipinski definition) is 0. The minimum absolute atomic E-state index is 1.01. The molecule has 0 bridgehead atoms. The molecular weight excluding hydrogens is 625 g/mol. The summed E-state index contributed by atoms with van der Waals surface area (Å²) in [4.78, 5) is 7.58. The van der Waals surface area contributed by atoms with Gasteiger partial charge in [0.15, 0.2) is 0 Å². The van der Waals surface area contributed by atoms with Crippen molar-refractivity contribution in [3.63, 3.8) is 0 Å². The van der Waals surface area contributed by atoms with Gasteiger partial charge in [-0.25, -0.2) is 0 Å². The van der Waals surface area contributed by atoms with E-state index in [4.69, 9.17) is 4.99 Å². The van der Waals surface area contributed by atoms with Crippen molar-refractivity contribution >= 4 is 81.5 Å². The van der Waals surface area contributed by atoms with Crippen molar-refractivity contribution in [2.45, 2.75) is 13.8 Å². The molecule has 0 atom stereocenters. The third-order valence-corrected chi connectivity index (χ3v) is 10.8. The highest BCUT2D eigenvalue weighted by Crippen LogP contribution is 2.44.